The topological polar surface area (TPSA) is 19.4 Å². The van der Waals surface area contributed by atoms with E-state index in [1.54, 1.807) is 5.56 Å². The van der Waals surface area contributed by atoms with Crippen LogP contribution in [0.2, 0.25) is 0 Å². The van der Waals surface area contributed by atoms with Crippen LogP contribution in [0.3, 0.4) is 0 Å². The van der Waals surface area contributed by atoms with Gasteiger partial charge in [-0.25, -0.2) is 0 Å². The van der Waals surface area contributed by atoms with Crippen molar-refractivity contribution in [3.63, 3.8) is 0 Å². The molecule has 1 spiro atoms. The number of anilines is 1. The second-order valence-electron chi connectivity index (χ2n) is 7.77. The highest BCUT2D eigenvalue weighted by Gasteiger charge is 2.46. The van der Waals surface area contributed by atoms with Crippen LogP contribution in [-0.4, -0.2) is 43.1 Å². The Morgan fingerprint density at radius 2 is 2.00 bits per heavy atom. The summed E-state index contributed by atoms with van der Waals surface area (Å²) in [4.78, 5) is 9.53. The Hall–Kier alpha value is -1.87. The van der Waals surface area contributed by atoms with Crippen molar-refractivity contribution in [2.24, 2.45) is 0 Å². The highest BCUT2D eigenvalue weighted by atomic mass is 15.2. The molecule has 3 heteroatoms. The zero-order valence-electron chi connectivity index (χ0n) is 15.0. The molecule has 1 aromatic heterocycles. The number of pyridine rings is 1. The zero-order chi connectivity index (χ0) is 16.7. The number of aromatic nitrogens is 1. The summed E-state index contributed by atoms with van der Waals surface area (Å²) in [7, 11) is 2.25. The van der Waals surface area contributed by atoms with E-state index in [2.05, 4.69) is 59.1 Å². The lowest BCUT2D eigenvalue weighted by atomic mass is 9.81. The van der Waals surface area contributed by atoms with E-state index in [1.165, 1.54) is 36.3 Å². The molecule has 1 unspecified atom stereocenters. The molecule has 24 heavy (non-hydrogen) atoms. The average Bonchev–Trinajstić information content (AvgIpc) is 3.08. The number of likely N-dealkylation sites (N-methyl/N-ethyl adjacent to an activating group) is 1. The molecule has 126 valence electrons. The molecule has 0 amide bonds. The van der Waals surface area contributed by atoms with E-state index in [-0.39, 0.29) is 0 Å². The third-order valence-corrected chi connectivity index (χ3v) is 5.75. The second-order valence-corrected chi connectivity index (χ2v) is 7.77. The minimum atomic E-state index is 0.335. The lowest BCUT2D eigenvalue weighted by molar-refractivity contribution is 0.376. The molecule has 0 saturated carbocycles. The largest absolute Gasteiger partial charge is 0.370 e. The van der Waals surface area contributed by atoms with Crippen LogP contribution < -0.4 is 4.90 Å². The van der Waals surface area contributed by atoms with Crippen LogP contribution in [0.15, 0.2) is 36.5 Å². The quantitative estimate of drug-likeness (QED) is 0.864. The summed E-state index contributed by atoms with van der Waals surface area (Å²) < 4.78 is 0. The van der Waals surface area contributed by atoms with Crippen molar-refractivity contribution in [2.45, 2.75) is 32.1 Å². The number of nitrogens with zero attached hydrogens (tertiary/aromatic N) is 3. The molecule has 2 aliphatic heterocycles. The molecule has 1 aromatic carbocycles. The van der Waals surface area contributed by atoms with Gasteiger partial charge in [-0.15, -0.1) is 0 Å². The fourth-order valence-electron chi connectivity index (χ4n) is 4.42. The van der Waals surface area contributed by atoms with Gasteiger partial charge < -0.3 is 9.80 Å². The second kappa shape index (κ2) is 5.89. The molecule has 3 heterocycles. The van der Waals surface area contributed by atoms with E-state index in [4.69, 9.17) is 0 Å². The Balaban J connectivity index is 1.58. The predicted octanol–water partition coefficient (Wildman–Crippen LogP) is 3.33. The summed E-state index contributed by atoms with van der Waals surface area (Å²) in [6.45, 7) is 8.90. The fraction of sp³-hybridized carbons (Fsp3) is 0.476. The van der Waals surface area contributed by atoms with Gasteiger partial charge in [0.25, 0.3) is 0 Å². The van der Waals surface area contributed by atoms with E-state index in [0.29, 0.717) is 5.41 Å². The molecular formula is C21H27N3. The summed E-state index contributed by atoms with van der Waals surface area (Å²) in [6, 6.07) is 11.4. The van der Waals surface area contributed by atoms with Crippen molar-refractivity contribution in [1.29, 1.82) is 0 Å². The third-order valence-electron chi connectivity index (χ3n) is 5.75. The summed E-state index contributed by atoms with van der Waals surface area (Å²) in [5, 5.41) is 0. The van der Waals surface area contributed by atoms with Gasteiger partial charge in [0.15, 0.2) is 0 Å². The van der Waals surface area contributed by atoms with Gasteiger partial charge in [0, 0.05) is 42.6 Å². The number of benzene rings is 1. The van der Waals surface area contributed by atoms with Crippen molar-refractivity contribution in [2.75, 3.05) is 38.1 Å². The summed E-state index contributed by atoms with van der Waals surface area (Å²) in [6.07, 6.45) is 4.37. The molecule has 0 bridgehead atoms. The Morgan fingerprint density at radius 1 is 1.12 bits per heavy atom. The first-order valence-electron chi connectivity index (χ1n) is 9.02. The number of aryl methyl sites for hydroxylation is 2. The summed E-state index contributed by atoms with van der Waals surface area (Å²) >= 11 is 0. The van der Waals surface area contributed by atoms with Gasteiger partial charge in [-0.1, -0.05) is 23.8 Å². The van der Waals surface area contributed by atoms with Gasteiger partial charge in [0.05, 0.1) is 0 Å². The van der Waals surface area contributed by atoms with Gasteiger partial charge in [-0.05, 0) is 63.5 Å². The van der Waals surface area contributed by atoms with E-state index in [9.17, 15) is 0 Å². The number of fused-ring (bicyclic) bond motifs is 2. The molecule has 0 aliphatic carbocycles. The number of likely N-dealkylation sites (tertiary alicyclic amines) is 1. The number of hydrogen-bond acceptors (Lipinski definition) is 3. The molecule has 1 atom stereocenters. The Labute approximate surface area is 145 Å². The maximum Gasteiger partial charge on any atom is 0.0406 e. The van der Waals surface area contributed by atoms with Crippen LogP contribution in [0.25, 0.3) is 0 Å². The van der Waals surface area contributed by atoms with Crippen molar-refractivity contribution in [3.8, 4) is 0 Å². The lowest BCUT2D eigenvalue weighted by Crippen LogP contribution is -2.36. The Bertz CT molecular complexity index is 737. The summed E-state index contributed by atoms with van der Waals surface area (Å²) in [5.41, 5.74) is 7.17. The maximum atomic E-state index is 4.44. The highest BCUT2D eigenvalue weighted by molar-refractivity contribution is 5.64. The monoisotopic (exact) mass is 321 g/mol. The van der Waals surface area contributed by atoms with Crippen LogP contribution in [0.1, 0.15) is 28.8 Å². The number of rotatable bonds is 3. The van der Waals surface area contributed by atoms with Gasteiger partial charge in [-0.3, -0.25) is 4.98 Å². The van der Waals surface area contributed by atoms with Crippen LogP contribution in [0.4, 0.5) is 5.69 Å². The van der Waals surface area contributed by atoms with Crippen molar-refractivity contribution in [3.05, 3.63) is 58.9 Å². The number of hydrogen-bond donors (Lipinski definition) is 0. The van der Waals surface area contributed by atoms with Crippen LogP contribution >= 0.6 is 0 Å². The van der Waals surface area contributed by atoms with Crippen LogP contribution in [0.5, 0.6) is 0 Å². The average molecular weight is 321 g/mol. The predicted molar refractivity (Wildman–Crippen MR) is 99.9 cm³/mol. The molecule has 0 N–H and O–H groups in total. The molecule has 0 radical (unpaired) electrons. The van der Waals surface area contributed by atoms with Gasteiger partial charge in [-0.2, -0.15) is 0 Å². The van der Waals surface area contributed by atoms with Crippen LogP contribution in [0, 0.1) is 13.8 Å². The van der Waals surface area contributed by atoms with Crippen molar-refractivity contribution >= 4 is 5.69 Å². The molecule has 1 fully saturated rings. The molecule has 4 rings (SSSR count). The smallest absolute Gasteiger partial charge is 0.0406 e. The van der Waals surface area contributed by atoms with Gasteiger partial charge in [0.2, 0.25) is 0 Å². The van der Waals surface area contributed by atoms with Gasteiger partial charge in [0.1, 0.15) is 0 Å². The first-order chi connectivity index (χ1) is 11.6. The standard InChI is InChI=1S/C21H27N3/c1-16-4-7-20-19(12-16)21(9-11-23(3)14-21)15-24(20)10-8-18-6-5-17(2)22-13-18/h4-7,12-13H,8-11,14-15H2,1-3H3. The first-order valence-corrected chi connectivity index (χ1v) is 9.02. The molecule has 1 saturated heterocycles. The first kappa shape index (κ1) is 15.6. The highest BCUT2D eigenvalue weighted by Crippen LogP contribution is 2.46. The minimum absolute atomic E-state index is 0.335. The van der Waals surface area contributed by atoms with E-state index >= 15 is 0 Å². The van der Waals surface area contributed by atoms with Gasteiger partial charge >= 0.3 is 0 Å². The van der Waals surface area contributed by atoms with E-state index < -0.39 is 0 Å². The zero-order valence-corrected chi connectivity index (χ0v) is 15.0. The lowest BCUT2D eigenvalue weighted by Gasteiger charge is -2.26. The van der Waals surface area contributed by atoms with E-state index in [1.807, 2.05) is 13.1 Å². The normalized spacial score (nSPS) is 23.2. The third kappa shape index (κ3) is 2.71. The van der Waals surface area contributed by atoms with Crippen molar-refractivity contribution < 1.29 is 0 Å². The van der Waals surface area contributed by atoms with Crippen molar-refractivity contribution in [1.82, 2.24) is 9.88 Å². The SMILES string of the molecule is Cc1ccc2c(c1)C1(CCN(C)C1)CN2CCc1ccc(C)nc1. The van der Waals surface area contributed by atoms with E-state index in [0.717, 1.165) is 25.2 Å². The molecular weight excluding hydrogens is 294 g/mol. The Kier molecular flexibility index (Phi) is 3.84. The molecule has 2 aliphatic rings. The Morgan fingerprint density at radius 3 is 2.71 bits per heavy atom. The fourth-order valence-corrected chi connectivity index (χ4v) is 4.42. The maximum absolute atomic E-state index is 4.44. The summed E-state index contributed by atoms with van der Waals surface area (Å²) in [5.74, 6) is 0. The molecule has 3 nitrogen and oxygen atoms in total. The minimum Gasteiger partial charge on any atom is -0.370 e. The van der Waals surface area contributed by atoms with Crippen LogP contribution in [-0.2, 0) is 11.8 Å². The molecule has 2 aromatic rings.